The number of carbonyl (C=O) groups excluding carboxylic acids is 1. The number of halogens is 2. The van der Waals surface area contributed by atoms with Gasteiger partial charge in [0.1, 0.15) is 5.60 Å². The van der Waals surface area contributed by atoms with Crippen molar-refractivity contribution in [3.63, 3.8) is 0 Å². The molecule has 31 heavy (non-hydrogen) atoms. The summed E-state index contributed by atoms with van der Waals surface area (Å²) in [5, 5.41) is 0. The third kappa shape index (κ3) is 5.63. The van der Waals surface area contributed by atoms with Gasteiger partial charge < -0.3 is 9.47 Å². The number of benzene rings is 2. The molecule has 0 radical (unpaired) electrons. The Morgan fingerprint density at radius 1 is 0.806 bits per heavy atom. The van der Waals surface area contributed by atoms with Crippen LogP contribution in [-0.2, 0) is 10.2 Å². The Morgan fingerprint density at radius 2 is 1.26 bits per heavy atom. The first-order valence-corrected chi connectivity index (χ1v) is 10.7. The van der Waals surface area contributed by atoms with Gasteiger partial charge in [0.25, 0.3) is 0 Å². The van der Waals surface area contributed by atoms with Crippen molar-refractivity contribution in [2.75, 3.05) is 0 Å². The van der Waals surface area contributed by atoms with Crippen molar-refractivity contribution in [2.24, 2.45) is 5.41 Å². The van der Waals surface area contributed by atoms with E-state index in [1.807, 2.05) is 55.4 Å². The topological polar surface area (TPSA) is 35.5 Å². The number of esters is 1. The maximum Gasteiger partial charge on any atom is 0.317 e. The third-order valence-corrected chi connectivity index (χ3v) is 5.98. The van der Waals surface area contributed by atoms with Crippen molar-refractivity contribution in [1.82, 2.24) is 0 Å². The molecular formula is C26H34F2O3. The van der Waals surface area contributed by atoms with Crippen molar-refractivity contribution >= 4 is 5.97 Å². The zero-order valence-corrected chi connectivity index (χ0v) is 19.9. The van der Waals surface area contributed by atoms with Crippen LogP contribution in [0.2, 0.25) is 0 Å². The van der Waals surface area contributed by atoms with Crippen molar-refractivity contribution in [1.29, 1.82) is 0 Å². The highest BCUT2D eigenvalue weighted by atomic mass is 19.1. The molecule has 170 valence electrons. The quantitative estimate of drug-likeness (QED) is 0.343. The van der Waals surface area contributed by atoms with Gasteiger partial charge in [0.05, 0.1) is 5.41 Å². The van der Waals surface area contributed by atoms with Crippen LogP contribution < -0.4 is 9.47 Å². The summed E-state index contributed by atoms with van der Waals surface area (Å²) in [6.07, 6.45) is 1.21. The van der Waals surface area contributed by atoms with Gasteiger partial charge in [0.15, 0.2) is 23.1 Å². The normalized spacial score (nSPS) is 12.6. The second-order valence-corrected chi connectivity index (χ2v) is 9.79. The molecule has 5 heteroatoms. The molecule has 2 aromatic rings. The highest BCUT2D eigenvalue weighted by molar-refractivity contribution is 5.78. The summed E-state index contributed by atoms with van der Waals surface area (Å²) in [6.45, 7) is 15.0. The Labute approximate surface area is 184 Å². The highest BCUT2D eigenvalue weighted by Gasteiger charge is 2.32. The highest BCUT2D eigenvalue weighted by Crippen LogP contribution is 2.36. The van der Waals surface area contributed by atoms with Crippen molar-refractivity contribution in [2.45, 2.75) is 79.2 Å². The Balaban J connectivity index is 2.31. The smallest absolute Gasteiger partial charge is 0.317 e. The van der Waals surface area contributed by atoms with Gasteiger partial charge in [-0.15, -0.1) is 0 Å². The molecule has 0 unspecified atom stereocenters. The van der Waals surface area contributed by atoms with Crippen LogP contribution in [0.25, 0.3) is 0 Å². The van der Waals surface area contributed by atoms with E-state index < -0.39 is 34.0 Å². The van der Waals surface area contributed by atoms with Crippen molar-refractivity contribution in [3.05, 3.63) is 59.2 Å². The zero-order chi connectivity index (χ0) is 23.6. The Kier molecular flexibility index (Phi) is 7.19. The van der Waals surface area contributed by atoms with E-state index in [9.17, 15) is 13.6 Å². The number of ether oxygens (including phenoxy) is 2. The second kappa shape index (κ2) is 8.97. The first-order valence-electron chi connectivity index (χ1n) is 10.7. The van der Waals surface area contributed by atoms with E-state index >= 15 is 0 Å². The fraction of sp³-hybridized carbons (Fsp3) is 0.500. The van der Waals surface area contributed by atoms with Gasteiger partial charge in [-0.25, -0.2) is 8.78 Å². The molecule has 0 spiro atoms. The lowest BCUT2D eigenvalue weighted by atomic mass is 9.78. The summed E-state index contributed by atoms with van der Waals surface area (Å²) in [7, 11) is 0. The average Bonchev–Trinajstić information content (AvgIpc) is 2.69. The summed E-state index contributed by atoms with van der Waals surface area (Å²) in [6, 6.07) is 9.31. The number of hydrogen-bond acceptors (Lipinski definition) is 3. The molecule has 0 aromatic heterocycles. The summed E-state index contributed by atoms with van der Waals surface area (Å²) >= 11 is 0. The maximum absolute atomic E-state index is 14.8. The lowest BCUT2D eigenvalue weighted by molar-refractivity contribution is -0.145. The second-order valence-electron chi connectivity index (χ2n) is 9.79. The summed E-state index contributed by atoms with van der Waals surface area (Å²) in [5.41, 5.74) is -0.521. The monoisotopic (exact) mass is 432 g/mol. The van der Waals surface area contributed by atoms with Gasteiger partial charge in [-0.3, -0.25) is 4.79 Å². The first-order chi connectivity index (χ1) is 14.2. The lowest BCUT2D eigenvalue weighted by Crippen LogP contribution is -2.31. The van der Waals surface area contributed by atoms with E-state index in [-0.39, 0.29) is 11.5 Å². The van der Waals surface area contributed by atoms with Crippen molar-refractivity contribution in [3.8, 4) is 11.5 Å². The first kappa shape index (κ1) is 24.8. The average molecular weight is 433 g/mol. The van der Waals surface area contributed by atoms with Crippen LogP contribution in [0, 0.1) is 17.0 Å². The molecule has 2 rings (SSSR count). The Morgan fingerprint density at radius 3 is 1.65 bits per heavy atom. The maximum atomic E-state index is 14.8. The molecule has 0 heterocycles. The van der Waals surface area contributed by atoms with E-state index in [4.69, 9.17) is 9.47 Å². The van der Waals surface area contributed by atoms with E-state index in [1.165, 1.54) is 18.2 Å². The summed E-state index contributed by atoms with van der Waals surface area (Å²) in [4.78, 5) is 12.5. The van der Waals surface area contributed by atoms with Crippen LogP contribution >= 0.6 is 0 Å². The van der Waals surface area contributed by atoms with E-state index in [1.54, 1.807) is 18.2 Å². The van der Waals surface area contributed by atoms with E-state index in [0.717, 1.165) is 0 Å². The zero-order valence-electron chi connectivity index (χ0n) is 19.9. The standard InChI is InChI=1S/C26H34F2O3/c1-9-26(8,10-2)23(29)30-21-13-11-17(15-19(21)27)25(6,7)18-12-14-22(20(28)16-18)31-24(3,4)5/h11-16H,9-10H2,1-8H3. The van der Waals surface area contributed by atoms with Crippen LogP contribution in [0.1, 0.15) is 79.4 Å². The largest absolute Gasteiger partial charge is 0.485 e. The summed E-state index contributed by atoms with van der Waals surface area (Å²) < 4.78 is 40.4. The molecule has 2 aromatic carbocycles. The molecule has 0 aliphatic rings. The number of hydrogen-bond donors (Lipinski definition) is 0. The van der Waals surface area contributed by atoms with Gasteiger partial charge in [0, 0.05) is 5.41 Å². The van der Waals surface area contributed by atoms with Crippen LogP contribution in [0.5, 0.6) is 11.5 Å². The molecule has 0 saturated heterocycles. The molecule has 0 bridgehead atoms. The molecule has 0 atom stereocenters. The van der Waals surface area contributed by atoms with Crippen LogP contribution in [0.3, 0.4) is 0 Å². The molecule has 0 amide bonds. The minimum Gasteiger partial charge on any atom is -0.485 e. The van der Waals surface area contributed by atoms with Crippen LogP contribution in [0.4, 0.5) is 8.78 Å². The van der Waals surface area contributed by atoms with Gasteiger partial charge in [-0.2, -0.15) is 0 Å². The van der Waals surface area contributed by atoms with Gasteiger partial charge in [-0.05, 0) is 75.9 Å². The molecule has 3 nitrogen and oxygen atoms in total. The third-order valence-electron chi connectivity index (χ3n) is 5.98. The minimum atomic E-state index is -0.675. The predicted octanol–water partition coefficient (Wildman–Crippen LogP) is 7.20. The predicted molar refractivity (Wildman–Crippen MR) is 120 cm³/mol. The summed E-state index contributed by atoms with van der Waals surface area (Å²) in [5.74, 6) is -1.46. The van der Waals surface area contributed by atoms with Crippen LogP contribution in [0.15, 0.2) is 36.4 Å². The van der Waals surface area contributed by atoms with E-state index in [2.05, 4.69) is 0 Å². The SMILES string of the molecule is CCC(C)(CC)C(=O)Oc1ccc(C(C)(C)c2ccc(OC(C)(C)C)c(F)c2)cc1F. The van der Waals surface area contributed by atoms with E-state index in [0.29, 0.717) is 24.0 Å². The molecule has 0 saturated carbocycles. The fourth-order valence-electron chi connectivity index (χ4n) is 3.20. The molecule has 0 N–H and O–H groups in total. The molecular weight excluding hydrogens is 398 g/mol. The molecule has 0 fully saturated rings. The van der Waals surface area contributed by atoms with Crippen LogP contribution in [-0.4, -0.2) is 11.6 Å². The molecule has 0 aliphatic carbocycles. The number of carbonyl (C=O) groups is 1. The minimum absolute atomic E-state index is 0.0993. The van der Waals surface area contributed by atoms with Gasteiger partial charge >= 0.3 is 5.97 Å². The van der Waals surface area contributed by atoms with Crippen molar-refractivity contribution < 1.29 is 23.0 Å². The van der Waals surface area contributed by atoms with Gasteiger partial charge in [-0.1, -0.05) is 39.8 Å². The fourth-order valence-corrected chi connectivity index (χ4v) is 3.20. The van der Waals surface area contributed by atoms with Gasteiger partial charge in [0.2, 0.25) is 0 Å². The lowest BCUT2D eigenvalue weighted by Gasteiger charge is -2.28. The molecule has 0 aliphatic heterocycles. The number of rotatable bonds is 7. The Bertz CT molecular complexity index is 938. The Hall–Kier alpha value is -2.43.